The van der Waals surface area contributed by atoms with Crippen LogP contribution in [0.25, 0.3) is 0 Å². The van der Waals surface area contributed by atoms with Gasteiger partial charge in [0.1, 0.15) is 0 Å². The van der Waals surface area contributed by atoms with Crippen molar-refractivity contribution in [2.45, 2.75) is 32.0 Å². The highest BCUT2D eigenvalue weighted by molar-refractivity contribution is 5.54. The van der Waals surface area contributed by atoms with Crippen LogP contribution in [0, 0.1) is 0 Å². The zero-order valence-corrected chi connectivity index (χ0v) is 8.59. The topological polar surface area (TPSA) is 15.3 Å². The van der Waals surface area contributed by atoms with Crippen LogP contribution in [0.3, 0.4) is 0 Å². The van der Waals surface area contributed by atoms with Crippen molar-refractivity contribution < 1.29 is 0 Å². The molecule has 14 heavy (non-hydrogen) atoms. The molecule has 0 radical (unpaired) electrons. The fourth-order valence-corrected chi connectivity index (χ4v) is 2.69. The maximum absolute atomic E-state index is 3.66. The van der Waals surface area contributed by atoms with E-state index in [-0.39, 0.29) is 5.66 Å². The largest absolute Gasteiger partial charge is 0.367 e. The second-order valence-corrected chi connectivity index (χ2v) is 4.58. The van der Waals surface area contributed by atoms with Crippen LogP contribution < -0.4 is 5.32 Å². The lowest BCUT2D eigenvalue weighted by Gasteiger charge is -2.42. The van der Waals surface area contributed by atoms with Gasteiger partial charge in [0, 0.05) is 18.8 Å². The number of anilines is 1. The summed E-state index contributed by atoms with van der Waals surface area (Å²) < 4.78 is 0. The lowest BCUT2D eigenvalue weighted by Crippen LogP contribution is -2.50. The lowest BCUT2D eigenvalue weighted by molar-refractivity contribution is 0.165. The van der Waals surface area contributed by atoms with Crippen molar-refractivity contribution in [1.29, 1.82) is 0 Å². The Hall–Kier alpha value is -1.02. The molecule has 0 amide bonds. The van der Waals surface area contributed by atoms with Crippen molar-refractivity contribution in [2.75, 3.05) is 11.9 Å². The smallest absolute Gasteiger partial charge is 0.0881 e. The van der Waals surface area contributed by atoms with Gasteiger partial charge in [-0.2, -0.15) is 0 Å². The zero-order valence-electron chi connectivity index (χ0n) is 8.59. The number of hydrogen-bond donors (Lipinski definition) is 1. The third-order valence-corrected chi connectivity index (χ3v) is 3.57. The summed E-state index contributed by atoms with van der Waals surface area (Å²) in [6.07, 6.45) is 2.58. The highest BCUT2D eigenvalue weighted by Gasteiger charge is 2.39. The molecule has 2 heteroatoms. The molecule has 0 aromatic heterocycles. The predicted molar refractivity (Wildman–Crippen MR) is 58.1 cm³/mol. The van der Waals surface area contributed by atoms with Crippen LogP contribution >= 0.6 is 0 Å². The molecule has 1 fully saturated rings. The van der Waals surface area contributed by atoms with E-state index < -0.39 is 0 Å². The minimum absolute atomic E-state index is 0.217. The van der Waals surface area contributed by atoms with Crippen molar-refractivity contribution in [3.63, 3.8) is 0 Å². The minimum atomic E-state index is 0.217. The maximum Gasteiger partial charge on any atom is 0.0881 e. The van der Waals surface area contributed by atoms with Crippen LogP contribution in [-0.4, -0.2) is 17.1 Å². The fraction of sp³-hybridized carbons (Fsp3) is 0.500. The summed E-state index contributed by atoms with van der Waals surface area (Å²) in [5.41, 5.74) is 2.98. The van der Waals surface area contributed by atoms with Gasteiger partial charge in [-0.3, -0.25) is 4.90 Å². The van der Waals surface area contributed by atoms with Crippen LogP contribution in [0.5, 0.6) is 0 Å². The summed E-state index contributed by atoms with van der Waals surface area (Å²) in [6.45, 7) is 4.66. The maximum atomic E-state index is 3.66. The molecule has 0 bridgehead atoms. The molecule has 74 valence electrons. The van der Waals surface area contributed by atoms with Crippen molar-refractivity contribution in [3.05, 3.63) is 29.8 Å². The monoisotopic (exact) mass is 188 g/mol. The van der Waals surface area contributed by atoms with Crippen molar-refractivity contribution in [2.24, 2.45) is 0 Å². The molecule has 1 N–H and O–H groups in total. The Morgan fingerprint density at radius 1 is 1.36 bits per heavy atom. The molecule has 1 aromatic carbocycles. The van der Waals surface area contributed by atoms with Crippen molar-refractivity contribution >= 4 is 5.69 Å². The SMILES string of the molecule is CC12CCCN1Cc1ccccc1N2. The average Bonchev–Trinajstić information content (AvgIpc) is 2.54. The molecular formula is C12H16N2. The van der Waals surface area contributed by atoms with Gasteiger partial charge in [0.25, 0.3) is 0 Å². The summed E-state index contributed by atoms with van der Waals surface area (Å²) in [5.74, 6) is 0. The summed E-state index contributed by atoms with van der Waals surface area (Å²) in [5, 5.41) is 3.66. The molecule has 0 spiro atoms. The number of benzene rings is 1. The molecule has 2 aliphatic heterocycles. The molecular weight excluding hydrogens is 172 g/mol. The Bertz CT molecular complexity index is 361. The Labute approximate surface area is 84.9 Å². The van der Waals surface area contributed by atoms with Crippen molar-refractivity contribution in [3.8, 4) is 0 Å². The van der Waals surface area contributed by atoms with Crippen LogP contribution in [-0.2, 0) is 6.54 Å². The number of hydrogen-bond acceptors (Lipinski definition) is 2. The van der Waals surface area contributed by atoms with Gasteiger partial charge in [0.2, 0.25) is 0 Å². The molecule has 2 heterocycles. The quantitative estimate of drug-likeness (QED) is 0.672. The van der Waals surface area contributed by atoms with Gasteiger partial charge >= 0.3 is 0 Å². The van der Waals surface area contributed by atoms with Crippen molar-refractivity contribution in [1.82, 2.24) is 4.90 Å². The average molecular weight is 188 g/mol. The molecule has 3 rings (SSSR count). The Kier molecular flexibility index (Phi) is 1.62. The van der Waals surface area contributed by atoms with Crippen LogP contribution in [0.2, 0.25) is 0 Å². The Balaban J connectivity index is 2.02. The van der Waals surface area contributed by atoms with Gasteiger partial charge in [-0.25, -0.2) is 0 Å². The Morgan fingerprint density at radius 2 is 2.21 bits per heavy atom. The lowest BCUT2D eigenvalue weighted by atomic mass is 10.0. The molecule has 0 aliphatic carbocycles. The fourth-order valence-electron chi connectivity index (χ4n) is 2.69. The highest BCUT2D eigenvalue weighted by atomic mass is 15.3. The van der Waals surface area contributed by atoms with E-state index in [2.05, 4.69) is 41.4 Å². The first kappa shape index (κ1) is 8.30. The van der Waals surface area contributed by atoms with Gasteiger partial charge in [-0.1, -0.05) is 18.2 Å². The number of rotatable bonds is 0. The van der Waals surface area contributed by atoms with Crippen LogP contribution in [0.15, 0.2) is 24.3 Å². The van der Waals surface area contributed by atoms with E-state index in [9.17, 15) is 0 Å². The second kappa shape index (κ2) is 2.74. The molecule has 2 nitrogen and oxygen atoms in total. The van der Waals surface area contributed by atoms with E-state index in [1.54, 1.807) is 0 Å². The van der Waals surface area contributed by atoms with E-state index in [0.717, 1.165) is 6.54 Å². The van der Waals surface area contributed by atoms with E-state index in [4.69, 9.17) is 0 Å². The van der Waals surface area contributed by atoms with Gasteiger partial charge in [-0.15, -0.1) is 0 Å². The third kappa shape index (κ3) is 1.07. The molecule has 1 saturated heterocycles. The first-order valence-electron chi connectivity index (χ1n) is 5.39. The Morgan fingerprint density at radius 3 is 3.14 bits per heavy atom. The number of para-hydroxylation sites is 1. The first-order chi connectivity index (χ1) is 6.78. The molecule has 0 saturated carbocycles. The van der Waals surface area contributed by atoms with E-state index in [1.165, 1.54) is 30.6 Å². The first-order valence-corrected chi connectivity index (χ1v) is 5.39. The summed E-state index contributed by atoms with van der Waals surface area (Å²) in [6, 6.07) is 8.65. The van der Waals surface area contributed by atoms with Crippen LogP contribution in [0.1, 0.15) is 25.3 Å². The number of nitrogens with one attached hydrogen (secondary N) is 1. The molecule has 1 atom stereocenters. The molecule has 1 unspecified atom stereocenters. The highest BCUT2D eigenvalue weighted by Crippen LogP contribution is 2.37. The zero-order chi connectivity index (χ0) is 9.60. The van der Waals surface area contributed by atoms with E-state index >= 15 is 0 Å². The minimum Gasteiger partial charge on any atom is -0.367 e. The summed E-state index contributed by atoms with van der Waals surface area (Å²) in [4.78, 5) is 2.55. The third-order valence-electron chi connectivity index (χ3n) is 3.57. The van der Waals surface area contributed by atoms with Gasteiger partial charge in [-0.05, 0) is 31.4 Å². The van der Waals surface area contributed by atoms with Gasteiger partial charge < -0.3 is 5.32 Å². The van der Waals surface area contributed by atoms with Crippen LogP contribution in [0.4, 0.5) is 5.69 Å². The standard InChI is InChI=1S/C12H16N2/c1-12-7-4-8-14(12)9-10-5-2-3-6-11(10)13-12/h2-3,5-6,13H,4,7-9H2,1H3. The molecule has 2 aliphatic rings. The van der Waals surface area contributed by atoms with E-state index in [1.807, 2.05) is 0 Å². The van der Waals surface area contributed by atoms with E-state index in [0.29, 0.717) is 0 Å². The van der Waals surface area contributed by atoms with Gasteiger partial charge in [0.05, 0.1) is 5.66 Å². The second-order valence-electron chi connectivity index (χ2n) is 4.58. The summed E-state index contributed by atoms with van der Waals surface area (Å²) in [7, 11) is 0. The summed E-state index contributed by atoms with van der Waals surface area (Å²) >= 11 is 0. The van der Waals surface area contributed by atoms with Gasteiger partial charge in [0.15, 0.2) is 0 Å². The molecule has 1 aromatic rings. The predicted octanol–water partition coefficient (Wildman–Crippen LogP) is 2.42. The normalized spacial score (nSPS) is 30.6. The number of fused-ring (bicyclic) bond motifs is 2. The number of nitrogens with zero attached hydrogens (tertiary/aromatic N) is 1.